The number of carbonyl (C=O) groups is 1. The number of ether oxygens (including phenoxy) is 1. The Morgan fingerprint density at radius 1 is 1.38 bits per heavy atom. The molecule has 2 aromatic carbocycles. The normalized spacial score (nSPS) is 11.4. The van der Waals surface area contributed by atoms with Crippen molar-refractivity contribution >= 4 is 34.4 Å². The summed E-state index contributed by atoms with van der Waals surface area (Å²) in [6.45, 7) is 0. The number of allylic oxidation sites excluding steroid dienone is 1. The molecule has 0 aliphatic heterocycles. The van der Waals surface area contributed by atoms with Gasteiger partial charge in [-0.1, -0.05) is 11.6 Å². The minimum atomic E-state index is -0.520. The second kappa shape index (κ2) is 6.90. The van der Waals surface area contributed by atoms with Crippen LogP contribution in [0.5, 0.6) is 11.5 Å². The topological polar surface area (TPSA) is 86.1 Å². The largest absolute Gasteiger partial charge is 0.503 e. The summed E-state index contributed by atoms with van der Waals surface area (Å²) in [5.74, 6) is -1.06. The number of hydrogen-bond acceptors (Lipinski definition) is 4. The first-order valence-corrected chi connectivity index (χ1v) is 7.82. The van der Waals surface area contributed by atoms with Crippen LogP contribution in [0, 0.1) is 17.1 Å². The lowest BCUT2D eigenvalue weighted by molar-refractivity contribution is 0.104. The highest BCUT2D eigenvalue weighted by Crippen LogP contribution is 2.35. The number of rotatable bonds is 4. The molecule has 0 aliphatic rings. The van der Waals surface area contributed by atoms with Crippen LogP contribution in [0.1, 0.15) is 15.9 Å². The van der Waals surface area contributed by atoms with E-state index in [9.17, 15) is 19.6 Å². The van der Waals surface area contributed by atoms with Gasteiger partial charge in [-0.2, -0.15) is 5.26 Å². The molecule has 0 spiro atoms. The Kier molecular flexibility index (Phi) is 4.65. The summed E-state index contributed by atoms with van der Waals surface area (Å²) in [4.78, 5) is 15.5. The Morgan fingerprint density at radius 3 is 2.85 bits per heavy atom. The Morgan fingerprint density at radius 2 is 2.15 bits per heavy atom. The molecule has 7 heteroatoms. The Hall–Kier alpha value is -3.30. The van der Waals surface area contributed by atoms with Gasteiger partial charge in [-0.3, -0.25) is 4.79 Å². The van der Waals surface area contributed by atoms with Crippen LogP contribution in [0.3, 0.4) is 0 Å². The summed E-state index contributed by atoms with van der Waals surface area (Å²) < 4.78 is 18.3. The zero-order valence-electron chi connectivity index (χ0n) is 13.5. The molecule has 0 aliphatic carbocycles. The molecule has 0 atom stereocenters. The minimum Gasteiger partial charge on any atom is -0.503 e. The quantitative estimate of drug-likeness (QED) is 0.403. The fraction of sp³-hybridized carbons (Fsp3) is 0.0526. The Balaban J connectivity index is 2.05. The number of nitrogens with one attached hydrogen (secondary N) is 1. The number of hydrogen-bond donors (Lipinski definition) is 2. The average molecular weight is 371 g/mol. The molecule has 3 rings (SSSR count). The molecule has 2 N–H and O–H groups in total. The van der Waals surface area contributed by atoms with Gasteiger partial charge in [0.1, 0.15) is 17.5 Å². The number of nitriles is 1. The molecule has 1 aromatic heterocycles. The molecule has 0 bridgehead atoms. The molecule has 130 valence electrons. The molecule has 0 fully saturated rings. The summed E-state index contributed by atoms with van der Waals surface area (Å²) in [6, 6.07) is 8.72. The molecule has 0 amide bonds. The van der Waals surface area contributed by atoms with Crippen molar-refractivity contribution in [3.8, 4) is 17.6 Å². The number of carbonyl (C=O) groups excluding carboxylic acids is 1. The van der Waals surface area contributed by atoms with E-state index in [1.807, 2.05) is 6.07 Å². The van der Waals surface area contributed by atoms with Gasteiger partial charge in [-0.15, -0.1) is 0 Å². The van der Waals surface area contributed by atoms with E-state index in [4.69, 9.17) is 16.3 Å². The third kappa shape index (κ3) is 3.13. The number of aromatic hydroxyl groups is 1. The predicted octanol–water partition coefficient (Wildman–Crippen LogP) is 4.46. The molecule has 0 radical (unpaired) electrons. The first-order valence-electron chi connectivity index (χ1n) is 7.44. The van der Waals surface area contributed by atoms with Gasteiger partial charge >= 0.3 is 0 Å². The smallest absolute Gasteiger partial charge is 0.205 e. The molecule has 26 heavy (non-hydrogen) atoms. The number of phenolic OH excluding ortho intramolecular Hbond substituents is 1. The summed E-state index contributed by atoms with van der Waals surface area (Å²) in [5.41, 5.74) is 0.990. The fourth-order valence-corrected chi connectivity index (χ4v) is 2.80. The van der Waals surface area contributed by atoms with Crippen molar-refractivity contribution < 1.29 is 19.0 Å². The van der Waals surface area contributed by atoms with Gasteiger partial charge in [-0.25, -0.2) is 4.39 Å². The van der Waals surface area contributed by atoms with Crippen LogP contribution in [-0.4, -0.2) is 23.0 Å². The highest BCUT2D eigenvalue weighted by atomic mass is 35.5. The van der Waals surface area contributed by atoms with Crippen LogP contribution in [0.4, 0.5) is 4.39 Å². The average Bonchev–Trinajstić information content (AvgIpc) is 3.04. The van der Waals surface area contributed by atoms with Gasteiger partial charge < -0.3 is 14.8 Å². The van der Waals surface area contributed by atoms with E-state index in [-0.39, 0.29) is 27.7 Å². The zero-order valence-corrected chi connectivity index (χ0v) is 14.3. The summed E-state index contributed by atoms with van der Waals surface area (Å²) >= 11 is 5.93. The van der Waals surface area contributed by atoms with Crippen molar-refractivity contribution in [3.63, 3.8) is 0 Å². The van der Waals surface area contributed by atoms with Crippen LogP contribution in [0.25, 0.3) is 17.0 Å². The zero-order chi connectivity index (χ0) is 18.8. The van der Waals surface area contributed by atoms with Crippen molar-refractivity contribution in [2.45, 2.75) is 0 Å². The molecule has 3 aromatic rings. The lowest BCUT2D eigenvalue weighted by Gasteiger charge is -2.06. The number of ketones is 1. The maximum absolute atomic E-state index is 13.3. The summed E-state index contributed by atoms with van der Waals surface area (Å²) in [6.07, 6.45) is 2.78. The van der Waals surface area contributed by atoms with E-state index in [1.54, 1.807) is 0 Å². The standard InChI is InChI=1S/C19H12ClFN2O3/c1-26-17-6-10(5-15(20)19(17)25)4-11(8-22)18(24)14-9-23-16-7-12(21)2-3-13(14)16/h2-7,9,23,25H,1H3/b11-4+. The lowest BCUT2D eigenvalue weighted by Crippen LogP contribution is -2.01. The molecule has 5 nitrogen and oxygen atoms in total. The SMILES string of the molecule is COc1cc(/C=C(\C#N)C(=O)c2c[nH]c3cc(F)ccc23)cc(Cl)c1O. The van der Waals surface area contributed by atoms with Crippen molar-refractivity contribution in [3.05, 3.63) is 64.1 Å². The van der Waals surface area contributed by atoms with Crippen molar-refractivity contribution in [2.75, 3.05) is 7.11 Å². The Labute approximate surface area is 152 Å². The number of halogens is 2. The van der Waals surface area contributed by atoms with Gasteiger partial charge in [0.2, 0.25) is 5.78 Å². The third-order valence-electron chi connectivity index (χ3n) is 3.84. The third-order valence-corrected chi connectivity index (χ3v) is 4.12. The number of benzene rings is 2. The monoisotopic (exact) mass is 370 g/mol. The second-order valence-electron chi connectivity index (χ2n) is 5.44. The van der Waals surface area contributed by atoms with Crippen LogP contribution in [-0.2, 0) is 0 Å². The maximum Gasteiger partial charge on any atom is 0.205 e. The van der Waals surface area contributed by atoms with Gasteiger partial charge in [-0.05, 0) is 42.0 Å². The van der Waals surface area contributed by atoms with E-state index in [0.29, 0.717) is 16.5 Å². The number of methoxy groups -OCH3 is 1. The summed E-state index contributed by atoms with van der Waals surface area (Å²) in [7, 11) is 1.36. The number of nitrogens with zero attached hydrogens (tertiary/aromatic N) is 1. The van der Waals surface area contributed by atoms with E-state index in [0.717, 1.165) is 0 Å². The van der Waals surface area contributed by atoms with E-state index >= 15 is 0 Å². The first-order chi connectivity index (χ1) is 12.4. The minimum absolute atomic E-state index is 0.0305. The van der Waals surface area contributed by atoms with Crippen LogP contribution in [0.15, 0.2) is 42.1 Å². The summed E-state index contributed by atoms with van der Waals surface area (Å²) in [5, 5.41) is 19.7. The Bertz CT molecular complexity index is 1100. The van der Waals surface area contributed by atoms with Crippen LogP contribution < -0.4 is 4.74 Å². The van der Waals surface area contributed by atoms with Gasteiger partial charge in [0.05, 0.1) is 12.1 Å². The number of H-pyrrole nitrogens is 1. The number of fused-ring (bicyclic) bond motifs is 1. The molecule has 1 heterocycles. The molecule has 0 unspecified atom stereocenters. The highest BCUT2D eigenvalue weighted by molar-refractivity contribution is 6.32. The van der Waals surface area contributed by atoms with Gasteiger partial charge in [0.25, 0.3) is 0 Å². The first kappa shape index (κ1) is 17.5. The highest BCUT2D eigenvalue weighted by Gasteiger charge is 2.18. The maximum atomic E-state index is 13.3. The predicted molar refractivity (Wildman–Crippen MR) is 95.8 cm³/mol. The van der Waals surface area contributed by atoms with Gasteiger partial charge in [0, 0.05) is 22.7 Å². The van der Waals surface area contributed by atoms with E-state index in [2.05, 4.69) is 4.98 Å². The molecular weight excluding hydrogens is 359 g/mol. The van der Waals surface area contributed by atoms with Crippen LogP contribution in [0.2, 0.25) is 5.02 Å². The van der Waals surface area contributed by atoms with Gasteiger partial charge in [0.15, 0.2) is 11.5 Å². The van der Waals surface area contributed by atoms with E-state index in [1.165, 1.54) is 49.7 Å². The second-order valence-corrected chi connectivity index (χ2v) is 5.85. The van der Waals surface area contributed by atoms with Crippen molar-refractivity contribution in [2.24, 2.45) is 0 Å². The van der Waals surface area contributed by atoms with Crippen molar-refractivity contribution in [1.29, 1.82) is 5.26 Å². The number of aromatic amines is 1. The number of phenols is 1. The fourth-order valence-electron chi connectivity index (χ4n) is 2.58. The lowest BCUT2D eigenvalue weighted by atomic mass is 10.0. The van der Waals surface area contributed by atoms with E-state index < -0.39 is 11.6 Å². The molecule has 0 saturated heterocycles. The molecular formula is C19H12ClFN2O3. The molecule has 0 saturated carbocycles. The van der Waals surface area contributed by atoms with Crippen molar-refractivity contribution in [1.82, 2.24) is 4.98 Å². The number of Topliss-reactive ketones (excluding diaryl/α,β-unsaturated/α-hetero) is 1. The number of aromatic nitrogens is 1. The van der Waals surface area contributed by atoms with Crippen LogP contribution >= 0.6 is 11.6 Å².